The lowest BCUT2D eigenvalue weighted by molar-refractivity contribution is -0.115. The van der Waals surface area contributed by atoms with Crippen molar-refractivity contribution in [2.45, 2.75) is 6.42 Å². The first kappa shape index (κ1) is 8.96. The van der Waals surface area contributed by atoms with Crippen LogP contribution in [-0.2, 0) is 11.2 Å². The summed E-state index contributed by atoms with van der Waals surface area (Å²) in [6.07, 6.45) is 0.437. The average Bonchev–Trinajstić information content (AvgIpc) is 2.82. The van der Waals surface area contributed by atoms with Crippen LogP contribution in [0.4, 0.5) is 11.5 Å². The van der Waals surface area contributed by atoms with E-state index < -0.39 is 0 Å². The molecular weight excluding hydrogens is 204 g/mol. The molecule has 0 bridgehead atoms. The van der Waals surface area contributed by atoms with Crippen molar-refractivity contribution in [3.05, 3.63) is 29.8 Å². The number of nitrogen functional groups attached to an aromatic ring is 1. The summed E-state index contributed by atoms with van der Waals surface area (Å²) >= 11 is 0. The molecule has 0 saturated heterocycles. The van der Waals surface area contributed by atoms with E-state index in [1.807, 2.05) is 18.2 Å². The second-order valence-corrected chi connectivity index (χ2v) is 3.77. The molecule has 16 heavy (non-hydrogen) atoms. The number of nitrogens with zero attached hydrogens (tertiary/aromatic N) is 1. The lowest BCUT2D eigenvalue weighted by Crippen LogP contribution is -2.04. The Balaban J connectivity index is 2.16. The highest BCUT2D eigenvalue weighted by molar-refractivity contribution is 6.03. The number of nitrogens with two attached hydrogens (primary N) is 1. The average molecular weight is 214 g/mol. The van der Waals surface area contributed by atoms with E-state index in [-0.39, 0.29) is 5.91 Å². The Kier molecular flexibility index (Phi) is 1.73. The van der Waals surface area contributed by atoms with Crippen LogP contribution < -0.4 is 11.1 Å². The topological polar surface area (TPSA) is 83.8 Å². The van der Waals surface area contributed by atoms with Gasteiger partial charge in [-0.15, -0.1) is 0 Å². The van der Waals surface area contributed by atoms with Crippen LogP contribution in [-0.4, -0.2) is 16.1 Å². The van der Waals surface area contributed by atoms with Crippen molar-refractivity contribution in [2.75, 3.05) is 11.1 Å². The van der Waals surface area contributed by atoms with Crippen molar-refractivity contribution in [3.63, 3.8) is 0 Å². The summed E-state index contributed by atoms with van der Waals surface area (Å²) in [6.45, 7) is 0. The van der Waals surface area contributed by atoms with Gasteiger partial charge in [0.25, 0.3) is 0 Å². The van der Waals surface area contributed by atoms with Gasteiger partial charge in [-0.2, -0.15) is 5.10 Å². The number of benzene rings is 1. The molecule has 0 unspecified atom stereocenters. The zero-order valence-electron chi connectivity index (χ0n) is 8.45. The monoisotopic (exact) mass is 214 g/mol. The largest absolute Gasteiger partial charge is 0.382 e. The Morgan fingerprint density at radius 1 is 1.38 bits per heavy atom. The number of carbonyl (C=O) groups is 1. The van der Waals surface area contributed by atoms with Crippen molar-refractivity contribution >= 4 is 17.4 Å². The second kappa shape index (κ2) is 3.10. The lowest BCUT2D eigenvalue weighted by atomic mass is 10.1. The van der Waals surface area contributed by atoms with E-state index >= 15 is 0 Å². The number of fused-ring (bicyclic) bond motifs is 1. The van der Waals surface area contributed by atoms with Crippen molar-refractivity contribution in [3.8, 4) is 11.3 Å². The number of amides is 1. The second-order valence-electron chi connectivity index (χ2n) is 3.77. The number of H-pyrrole nitrogens is 1. The predicted octanol–water partition coefficient (Wildman–Crippen LogP) is 1.15. The number of aromatic nitrogens is 2. The first-order valence-corrected chi connectivity index (χ1v) is 4.97. The molecule has 0 aliphatic carbocycles. The normalized spacial score (nSPS) is 13.6. The molecule has 2 aromatic rings. The molecule has 0 radical (unpaired) electrons. The molecule has 80 valence electrons. The number of carbonyl (C=O) groups excluding carboxylic acids is 1. The quantitative estimate of drug-likeness (QED) is 0.665. The Bertz CT molecular complexity index is 573. The third kappa shape index (κ3) is 1.25. The Hall–Kier alpha value is -2.30. The maximum atomic E-state index is 11.3. The molecule has 4 N–H and O–H groups in total. The fourth-order valence-corrected chi connectivity index (χ4v) is 1.95. The molecule has 1 aromatic heterocycles. The van der Waals surface area contributed by atoms with Gasteiger partial charge in [-0.3, -0.25) is 9.89 Å². The predicted molar refractivity (Wildman–Crippen MR) is 60.8 cm³/mol. The molecule has 2 heterocycles. The number of hydrogen-bond donors (Lipinski definition) is 3. The van der Waals surface area contributed by atoms with E-state index in [4.69, 9.17) is 5.73 Å². The van der Waals surface area contributed by atoms with Crippen LogP contribution in [0.5, 0.6) is 0 Å². The highest BCUT2D eigenvalue weighted by Gasteiger charge is 2.21. The first-order valence-electron chi connectivity index (χ1n) is 4.97. The highest BCUT2D eigenvalue weighted by atomic mass is 16.1. The van der Waals surface area contributed by atoms with E-state index in [2.05, 4.69) is 15.5 Å². The summed E-state index contributed by atoms with van der Waals surface area (Å²) in [5.74, 6) is 0.465. The molecule has 0 saturated carbocycles. The van der Waals surface area contributed by atoms with Crippen LogP contribution in [0, 0.1) is 0 Å². The number of para-hydroxylation sites is 1. The van der Waals surface area contributed by atoms with Crippen molar-refractivity contribution < 1.29 is 4.79 Å². The fourth-order valence-electron chi connectivity index (χ4n) is 1.95. The highest BCUT2D eigenvalue weighted by Crippen LogP contribution is 2.34. The Morgan fingerprint density at radius 3 is 3.00 bits per heavy atom. The van der Waals surface area contributed by atoms with Crippen LogP contribution in [0.25, 0.3) is 11.3 Å². The van der Waals surface area contributed by atoms with Crippen LogP contribution in [0.2, 0.25) is 0 Å². The summed E-state index contributed by atoms with van der Waals surface area (Å²) in [6, 6.07) is 7.54. The minimum atomic E-state index is 0.0231. The number of hydrogen-bond acceptors (Lipinski definition) is 3. The van der Waals surface area contributed by atoms with Crippen LogP contribution in [0.1, 0.15) is 5.56 Å². The standard InChI is InChI=1S/C11H10N4O/c12-9-5-8(14-15-9)7-3-1-2-6-4-10(16)13-11(6)7/h1-3,5H,4H2,(H,13,16)(H3,12,14,15). The van der Waals surface area contributed by atoms with Gasteiger partial charge in [0.1, 0.15) is 5.82 Å². The van der Waals surface area contributed by atoms with Crippen LogP contribution >= 0.6 is 0 Å². The van der Waals surface area contributed by atoms with Gasteiger partial charge in [-0.1, -0.05) is 18.2 Å². The Labute approximate surface area is 91.7 Å². The molecule has 1 aromatic carbocycles. The molecule has 1 aliphatic rings. The molecule has 3 rings (SSSR count). The summed E-state index contributed by atoms with van der Waals surface area (Å²) in [7, 11) is 0. The van der Waals surface area contributed by atoms with Gasteiger partial charge in [0.2, 0.25) is 5.91 Å². The van der Waals surface area contributed by atoms with E-state index in [0.29, 0.717) is 12.2 Å². The number of anilines is 2. The van der Waals surface area contributed by atoms with E-state index in [0.717, 1.165) is 22.5 Å². The smallest absolute Gasteiger partial charge is 0.228 e. The van der Waals surface area contributed by atoms with Gasteiger partial charge in [-0.25, -0.2) is 0 Å². The van der Waals surface area contributed by atoms with Gasteiger partial charge < -0.3 is 11.1 Å². The summed E-state index contributed by atoms with van der Waals surface area (Å²) in [4.78, 5) is 11.3. The lowest BCUT2D eigenvalue weighted by Gasteiger charge is -2.05. The summed E-state index contributed by atoms with van der Waals surface area (Å²) < 4.78 is 0. The number of aromatic amines is 1. The molecule has 1 aliphatic heterocycles. The molecular formula is C11H10N4O. The van der Waals surface area contributed by atoms with E-state index in [1.54, 1.807) is 6.07 Å². The first-order chi connectivity index (χ1) is 7.74. The zero-order valence-corrected chi connectivity index (χ0v) is 8.45. The van der Waals surface area contributed by atoms with Gasteiger partial charge in [0.15, 0.2) is 0 Å². The van der Waals surface area contributed by atoms with Gasteiger partial charge in [0, 0.05) is 11.6 Å². The van der Waals surface area contributed by atoms with Crippen LogP contribution in [0.3, 0.4) is 0 Å². The maximum Gasteiger partial charge on any atom is 0.228 e. The summed E-state index contributed by atoms with van der Waals surface area (Å²) in [5, 5.41) is 9.56. The molecule has 0 spiro atoms. The van der Waals surface area contributed by atoms with Gasteiger partial charge >= 0.3 is 0 Å². The van der Waals surface area contributed by atoms with Crippen LogP contribution in [0.15, 0.2) is 24.3 Å². The summed E-state index contributed by atoms with van der Waals surface area (Å²) in [5.41, 5.74) is 9.17. The molecule has 0 fully saturated rings. The fraction of sp³-hybridized carbons (Fsp3) is 0.0909. The van der Waals surface area contributed by atoms with Gasteiger partial charge in [-0.05, 0) is 5.56 Å². The molecule has 5 heteroatoms. The Morgan fingerprint density at radius 2 is 2.25 bits per heavy atom. The molecule has 5 nitrogen and oxygen atoms in total. The molecule has 1 amide bonds. The van der Waals surface area contributed by atoms with Crippen molar-refractivity contribution in [1.82, 2.24) is 10.2 Å². The molecule has 0 atom stereocenters. The van der Waals surface area contributed by atoms with Gasteiger partial charge in [0.05, 0.1) is 17.8 Å². The van der Waals surface area contributed by atoms with Crippen molar-refractivity contribution in [1.29, 1.82) is 0 Å². The SMILES string of the molecule is Nc1cc(-c2cccc3c2NC(=O)C3)[nH]n1. The third-order valence-corrected chi connectivity index (χ3v) is 2.65. The minimum Gasteiger partial charge on any atom is -0.382 e. The third-order valence-electron chi connectivity index (χ3n) is 2.65. The minimum absolute atomic E-state index is 0.0231. The number of rotatable bonds is 1. The maximum absolute atomic E-state index is 11.3. The zero-order chi connectivity index (χ0) is 11.1. The number of nitrogens with one attached hydrogen (secondary N) is 2. The van der Waals surface area contributed by atoms with E-state index in [1.165, 1.54) is 0 Å². The van der Waals surface area contributed by atoms with Crippen molar-refractivity contribution in [2.24, 2.45) is 0 Å². The van der Waals surface area contributed by atoms with E-state index in [9.17, 15) is 4.79 Å².